The monoisotopic (exact) mass is 383 g/mol. The summed E-state index contributed by atoms with van der Waals surface area (Å²) >= 11 is 3.12. The van der Waals surface area contributed by atoms with Crippen LogP contribution < -0.4 is 0 Å². The summed E-state index contributed by atoms with van der Waals surface area (Å²) < 4.78 is 0. The first-order valence-electron chi connectivity index (χ1n) is 8.43. The van der Waals surface area contributed by atoms with Crippen molar-refractivity contribution in [3.05, 3.63) is 54.9 Å². The third-order valence-electron chi connectivity index (χ3n) is 3.88. The van der Waals surface area contributed by atoms with E-state index in [0.29, 0.717) is 18.8 Å². The number of hydrogen-bond donors (Lipinski definition) is 0. The van der Waals surface area contributed by atoms with Crippen LogP contribution in [-0.2, 0) is 4.79 Å². The molecule has 1 aromatic carbocycles. The average Bonchev–Trinajstić information content (AvgIpc) is 3.09. The standard InChI is InChI=1S/C20H21N3OS2/c1-4-23(11-14(2)3)18(24)12-25-19-16-10-17(15-8-6-5-7-9-15)26-20(16)22-13-21-19/h5-10,13H,2,4,11-12H2,1,3H3. The predicted octanol–water partition coefficient (Wildman–Crippen LogP) is 4.88. The van der Waals surface area contributed by atoms with E-state index >= 15 is 0 Å². The molecule has 3 aromatic rings. The van der Waals surface area contributed by atoms with E-state index in [1.54, 1.807) is 17.7 Å². The first-order chi connectivity index (χ1) is 12.6. The topological polar surface area (TPSA) is 46.1 Å². The molecule has 0 aliphatic carbocycles. The van der Waals surface area contributed by atoms with Crippen LogP contribution in [0.15, 0.2) is 59.9 Å². The quantitative estimate of drug-likeness (QED) is 0.332. The van der Waals surface area contributed by atoms with Gasteiger partial charge in [-0.25, -0.2) is 9.97 Å². The van der Waals surface area contributed by atoms with E-state index in [1.807, 2.05) is 36.9 Å². The molecule has 0 N–H and O–H groups in total. The van der Waals surface area contributed by atoms with Crippen LogP contribution in [0.25, 0.3) is 20.7 Å². The smallest absolute Gasteiger partial charge is 0.233 e. The van der Waals surface area contributed by atoms with Gasteiger partial charge in [-0.15, -0.1) is 11.3 Å². The minimum Gasteiger partial charge on any atom is -0.338 e. The fraction of sp³-hybridized carbons (Fsp3) is 0.250. The summed E-state index contributed by atoms with van der Waals surface area (Å²) in [6, 6.07) is 12.4. The molecule has 0 fully saturated rings. The summed E-state index contributed by atoms with van der Waals surface area (Å²) in [7, 11) is 0. The molecule has 0 saturated heterocycles. The van der Waals surface area contributed by atoms with E-state index in [-0.39, 0.29) is 5.91 Å². The summed E-state index contributed by atoms with van der Waals surface area (Å²) in [4.78, 5) is 25.2. The second kappa shape index (κ2) is 8.47. The Labute approximate surface area is 162 Å². The third-order valence-corrected chi connectivity index (χ3v) is 5.96. The van der Waals surface area contributed by atoms with Gasteiger partial charge in [0.2, 0.25) is 5.91 Å². The number of likely N-dealkylation sites (N-methyl/N-ethyl adjacent to an activating group) is 1. The van der Waals surface area contributed by atoms with E-state index in [0.717, 1.165) is 25.7 Å². The van der Waals surface area contributed by atoms with Gasteiger partial charge in [0.05, 0.1) is 5.75 Å². The van der Waals surface area contributed by atoms with E-state index in [2.05, 4.69) is 34.7 Å². The van der Waals surface area contributed by atoms with E-state index in [1.165, 1.54) is 17.3 Å². The highest BCUT2D eigenvalue weighted by Crippen LogP contribution is 2.36. The Balaban J connectivity index is 1.79. The molecule has 0 atom stereocenters. The number of amides is 1. The summed E-state index contributed by atoms with van der Waals surface area (Å²) in [6.45, 7) is 9.11. The fourth-order valence-corrected chi connectivity index (χ4v) is 4.56. The maximum Gasteiger partial charge on any atom is 0.233 e. The molecule has 4 nitrogen and oxygen atoms in total. The van der Waals surface area contributed by atoms with Gasteiger partial charge in [-0.05, 0) is 25.5 Å². The number of fused-ring (bicyclic) bond motifs is 1. The molecular formula is C20H21N3OS2. The molecule has 0 saturated carbocycles. The average molecular weight is 384 g/mol. The van der Waals surface area contributed by atoms with Gasteiger partial charge in [-0.3, -0.25) is 4.79 Å². The Morgan fingerprint density at radius 3 is 2.73 bits per heavy atom. The van der Waals surface area contributed by atoms with Crippen molar-refractivity contribution in [1.29, 1.82) is 0 Å². The van der Waals surface area contributed by atoms with Crippen molar-refractivity contribution < 1.29 is 4.79 Å². The highest BCUT2D eigenvalue weighted by Gasteiger charge is 2.15. The van der Waals surface area contributed by atoms with Crippen molar-refractivity contribution in [3.8, 4) is 10.4 Å². The summed E-state index contributed by atoms with van der Waals surface area (Å²) in [5.41, 5.74) is 2.15. The Kier molecular flexibility index (Phi) is 6.06. The molecule has 2 heterocycles. The summed E-state index contributed by atoms with van der Waals surface area (Å²) in [6.07, 6.45) is 1.58. The molecule has 3 rings (SSSR count). The molecule has 6 heteroatoms. The van der Waals surface area contributed by atoms with Gasteiger partial charge in [0.25, 0.3) is 0 Å². The highest BCUT2D eigenvalue weighted by atomic mass is 32.2. The first-order valence-corrected chi connectivity index (χ1v) is 10.2. The molecule has 1 amide bonds. The van der Waals surface area contributed by atoms with Crippen LogP contribution in [0.4, 0.5) is 0 Å². The predicted molar refractivity (Wildman–Crippen MR) is 111 cm³/mol. The van der Waals surface area contributed by atoms with Gasteiger partial charge in [0.1, 0.15) is 16.2 Å². The number of carbonyl (C=O) groups excluding carboxylic acids is 1. The molecule has 0 aliphatic rings. The molecule has 134 valence electrons. The van der Waals surface area contributed by atoms with Gasteiger partial charge in [-0.1, -0.05) is 54.2 Å². The minimum absolute atomic E-state index is 0.103. The SMILES string of the molecule is C=C(C)CN(CC)C(=O)CSc1ncnc2sc(-c3ccccc3)cc12. The van der Waals surface area contributed by atoms with Crippen molar-refractivity contribution in [2.45, 2.75) is 18.9 Å². The van der Waals surface area contributed by atoms with E-state index in [4.69, 9.17) is 0 Å². The summed E-state index contributed by atoms with van der Waals surface area (Å²) in [5.74, 6) is 0.467. The van der Waals surface area contributed by atoms with Crippen LogP contribution in [0.1, 0.15) is 13.8 Å². The second-order valence-corrected chi connectivity index (χ2v) is 8.02. The Bertz CT molecular complexity index is 921. The van der Waals surface area contributed by atoms with Crippen LogP contribution in [0.5, 0.6) is 0 Å². The van der Waals surface area contributed by atoms with E-state index < -0.39 is 0 Å². The Morgan fingerprint density at radius 2 is 2.04 bits per heavy atom. The van der Waals surface area contributed by atoms with Crippen LogP contribution in [0.3, 0.4) is 0 Å². The first kappa shape index (κ1) is 18.6. The van der Waals surface area contributed by atoms with Gasteiger partial charge in [-0.2, -0.15) is 0 Å². The molecule has 0 unspecified atom stereocenters. The zero-order valence-corrected chi connectivity index (χ0v) is 16.6. The number of nitrogens with zero attached hydrogens (tertiary/aromatic N) is 3. The van der Waals surface area contributed by atoms with Crippen molar-refractivity contribution >= 4 is 39.2 Å². The molecule has 26 heavy (non-hydrogen) atoms. The van der Waals surface area contributed by atoms with Gasteiger partial charge >= 0.3 is 0 Å². The number of hydrogen-bond acceptors (Lipinski definition) is 5. The largest absolute Gasteiger partial charge is 0.338 e. The number of thioether (sulfide) groups is 1. The van der Waals surface area contributed by atoms with Gasteiger partial charge < -0.3 is 4.90 Å². The Hall–Kier alpha value is -2.18. The maximum atomic E-state index is 12.5. The van der Waals surface area contributed by atoms with Crippen LogP contribution in [-0.4, -0.2) is 39.6 Å². The maximum absolute atomic E-state index is 12.5. The van der Waals surface area contributed by atoms with Crippen LogP contribution in [0, 0.1) is 0 Å². The molecule has 0 radical (unpaired) electrons. The lowest BCUT2D eigenvalue weighted by Crippen LogP contribution is -2.33. The van der Waals surface area contributed by atoms with E-state index in [9.17, 15) is 4.79 Å². The zero-order valence-electron chi connectivity index (χ0n) is 14.9. The number of thiophene rings is 1. The minimum atomic E-state index is 0.103. The van der Waals surface area contributed by atoms with Crippen molar-refractivity contribution in [2.75, 3.05) is 18.8 Å². The third kappa shape index (κ3) is 4.31. The number of aromatic nitrogens is 2. The lowest BCUT2D eigenvalue weighted by molar-refractivity contribution is -0.127. The second-order valence-electron chi connectivity index (χ2n) is 6.03. The Morgan fingerprint density at radius 1 is 1.27 bits per heavy atom. The number of rotatable bonds is 7. The zero-order chi connectivity index (χ0) is 18.5. The van der Waals surface area contributed by atoms with Crippen molar-refractivity contribution in [1.82, 2.24) is 14.9 Å². The van der Waals surface area contributed by atoms with Crippen LogP contribution >= 0.6 is 23.1 Å². The molecule has 2 aromatic heterocycles. The van der Waals surface area contributed by atoms with Crippen molar-refractivity contribution in [3.63, 3.8) is 0 Å². The highest BCUT2D eigenvalue weighted by molar-refractivity contribution is 8.00. The molecule has 0 aliphatic heterocycles. The molecular weight excluding hydrogens is 362 g/mol. The van der Waals surface area contributed by atoms with Crippen molar-refractivity contribution in [2.24, 2.45) is 0 Å². The molecule has 0 bridgehead atoms. The van der Waals surface area contributed by atoms with Gasteiger partial charge in [0, 0.05) is 23.4 Å². The summed E-state index contributed by atoms with van der Waals surface area (Å²) in [5, 5.41) is 1.87. The lowest BCUT2D eigenvalue weighted by atomic mass is 10.2. The van der Waals surface area contributed by atoms with Crippen LogP contribution in [0.2, 0.25) is 0 Å². The van der Waals surface area contributed by atoms with Gasteiger partial charge in [0.15, 0.2) is 0 Å². The number of benzene rings is 1. The fourth-order valence-electron chi connectivity index (χ4n) is 2.62. The molecule has 0 spiro atoms. The lowest BCUT2D eigenvalue weighted by Gasteiger charge is -2.20. The normalized spacial score (nSPS) is 10.8. The number of carbonyl (C=O) groups is 1.